The zero-order chi connectivity index (χ0) is 12.5. The van der Waals surface area contributed by atoms with Crippen LogP contribution in [0.4, 0.5) is 11.5 Å². The van der Waals surface area contributed by atoms with Crippen LogP contribution in [-0.2, 0) is 0 Å². The van der Waals surface area contributed by atoms with Crippen LogP contribution in [0.3, 0.4) is 0 Å². The van der Waals surface area contributed by atoms with Crippen LogP contribution in [0.25, 0.3) is 0 Å². The fourth-order valence-electron chi connectivity index (χ4n) is 2.87. The summed E-state index contributed by atoms with van der Waals surface area (Å²) in [6.07, 6.45) is 3.88. The van der Waals surface area contributed by atoms with Gasteiger partial charge >= 0.3 is 0 Å². The average molecular weight is 248 g/mol. The molecule has 0 bridgehead atoms. The Bertz CT molecular complexity index is 448. The van der Waals surface area contributed by atoms with Gasteiger partial charge in [0.1, 0.15) is 12.0 Å². The molecule has 96 valence electrons. The van der Waals surface area contributed by atoms with Crippen LogP contribution in [0.15, 0.2) is 18.3 Å². The second-order valence-electron chi connectivity index (χ2n) is 4.91. The predicted molar refractivity (Wildman–Crippen MR) is 67.7 cm³/mol. The van der Waals surface area contributed by atoms with Gasteiger partial charge in [0.2, 0.25) is 0 Å². The molecule has 0 N–H and O–H groups in total. The van der Waals surface area contributed by atoms with Gasteiger partial charge in [0.05, 0.1) is 4.92 Å². The van der Waals surface area contributed by atoms with Crippen LogP contribution < -0.4 is 4.90 Å². The Morgan fingerprint density at radius 1 is 1.33 bits per heavy atom. The Kier molecular flexibility index (Phi) is 2.87. The first kappa shape index (κ1) is 11.4. The van der Waals surface area contributed by atoms with Gasteiger partial charge in [-0.2, -0.15) is 0 Å². The fraction of sp³-hybridized carbons (Fsp3) is 0.583. The molecular weight excluding hydrogens is 232 g/mol. The van der Waals surface area contributed by atoms with E-state index in [-0.39, 0.29) is 5.69 Å². The third-order valence-electron chi connectivity index (χ3n) is 3.85. The van der Waals surface area contributed by atoms with Crippen molar-refractivity contribution in [2.45, 2.75) is 18.9 Å². The Morgan fingerprint density at radius 2 is 2.22 bits per heavy atom. The molecule has 0 saturated carbocycles. The van der Waals surface area contributed by atoms with Crippen LogP contribution >= 0.6 is 0 Å². The Labute approximate surface area is 105 Å². The predicted octanol–water partition coefficient (Wildman–Crippen LogP) is 1.27. The average Bonchev–Trinajstić information content (AvgIpc) is 2.86. The summed E-state index contributed by atoms with van der Waals surface area (Å²) < 4.78 is 0. The second kappa shape index (κ2) is 4.53. The van der Waals surface area contributed by atoms with Crippen molar-refractivity contribution in [3.8, 4) is 0 Å². The largest absolute Gasteiger partial charge is 0.354 e. The van der Waals surface area contributed by atoms with Crippen LogP contribution in [0, 0.1) is 10.1 Å². The van der Waals surface area contributed by atoms with Gasteiger partial charge in [-0.25, -0.2) is 4.98 Å². The maximum atomic E-state index is 10.6. The third kappa shape index (κ3) is 2.03. The highest BCUT2D eigenvalue weighted by Gasteiger charge is 2.30. The molecular formula is C12H16N4O2. The lowest BCUT2D eigenvalue weighted by Gasteiger charge is -2.38. The second-order valence-corrected chi connectivity index (χ2v) is 4.91. The van der Waals surface area contributed by atoms with E-state index >= 15 is 0 Å². The number of fused-ring (bicyclic) bond motifs is 1. The number of pyridine rings is 1. The Balaban J connectivity index is 1.73. The normalized spacial score (nSPS) is 24.0. The zero-order valence-corrected chi connectivity index (χ0v) is 10.2. The molecule has 2 fully saturated rings. The van der Waals surface area contributed by atoms with Crippen molar-refractivity contribution in [2.24, 2.45) is 0 Å². The fourth-order valence-corrected chi connectivity index (χ4v) is 2.87. The van der Waals surface area contributed by atoms with Gasteiger partial charge in [-0.05, 0) is 25.5 Å². The number of nitrogens with zero attached hydrogens (tertiary/aromatic N) is 4. The lowest BCUT2D eigenvalue weighted by Crippen LogP contribution is -2.50. The topological polar surface area (TPSA) is 62.5 Å². The summed E-state index contributed by atoms with van der Waals surface area (Å²) in [6, 6.07) is 3.92. The molecule has 0 spiro atoms. The van der Waals surface area contributed by atoms with Gasteiger partial charge < -0.3 is 4.90 Å². The summed E-state index contributed by atoms with van der Waals surface area (Å²) in [4.78, 5) is 19.1. The summed E-state index contributed by atoms with van der Waals surface area (Å²) in [6.45, 7) is 4.24. The van der Waals surface area contributed by atoms with Crippen LogP contribution in [0.5, 0.6) is 0 Å². The smallest absolute Gasteiger partial charge is 0.287 e. The molecule has 2 aliphatic heterocycles. The molecule has 3 rings (SSSR count). The van der Waals surface area contributed by atoms with Crippen LogP contribution in [0.1, 0.15) is 12.8 Å². The van der Waals surface area contributed by atoms with Gasteiger partial charge in [-0.1, -0.05) is 0 Å². The molecule has 2 aliphatic rings. The maximum Gasteiger partial charge on any atom is 0.287 e. The number of anilines is 1. The molecule has 1 aromatic heterocycles. The first-order chi connectivity index (χ1) is 8.74. The molecule has 0 unspecified atom stereocenters. The van der Waals surface area contributed by atoms with Crippen LogP contribution in [0.2, 0.25) is 0 Å². The van der Waals surface area contributed by atoms with Crippen LogP contribution in [-0.4, -0.2) is 47.0 Å². The molecule has 1 aromatic rings. The Hall–Kier alpha value is -1.69. The number of piperazine rings is 1. The lowest BCUT2D eigenvalue weighted by atomic mass is 10.1. The minimum atomic E-state index is -0.411. The summed E-state index contributed by atoms with van der Waals surface area (Å²) >= 11 is 0. The highest BCUT2D eigenvalue weighted by Crippen LogP contribution is 2.25. The van der Waals surface area contributed by atoms with E-state index in [1.54, 1.807) is 6.07 Å². The molecule has 6 nitrogen and oxygen atoms in total. The van der Waals surface area contributed by atoms with E-state index in [2.05, 4.69) is 14.8 Å². The van der Waals surface area contributed by atoms with E-state index in [4.69, 9.17) is 0 Å². The Morgan fingerprint density at radius 3 is 2.94 bits per heavy atom. The summed E-state index contributed by atoms with van der Waals surface area (Å²) in [7, 11) is 0. The van der Waals surface area contributed by atoms with Crippen molar-refractivity contribution in [3.05, 3.63) is 28.4 Å². The molecule has 6 heteroatoms. The molecule has 0 aromatic carbocycles. The van der Waals surface area contributed by atoms with E-state index in [1.807, 2.05) is 0 Å². The number of rotatable bonds is 2. The number of hydrogen-bond donors (Lipinski definition) is 0. The minimum absolute atomic E-state index is 0.0539. The van der Waals surface area contributed by atoms with E-state index in [0.717, 1.165) is 25.5 Å². The maximum absolute atomic E-state index is 10.6. The summed E-state index contributed by atoms with van der Waals surface area (Å²) in [5.41, 5.74) is 0.0539. The molecule has 1 atom stereocenters. The monoisotopic (exact) mass is 248 g/mol. The first-order valence-electron chi connectivity index (χ1n) is 6.33. The number of nitro groups is 1. The van der Waals surface area contributed by atoms with Crippen molar-refractivity contribution < 1.29 is 4.92 Å². The quantitative estimate of drug-likeness (QED) is 0.582. The van der Waals surface area contributed by atoms with E-state index < -0.39 is 4.92 Å². The summed E-state index contributed by atoms with van der Waals surface area (Å²) in [5.74, 6) is 0.854. The lowest BCUT2D eigenvalue weighted by molar-refractivity contribution is -0.385. The van der Waals surface area contributed by atoms with Gasteiger partial charge in [-0.15, -0.1) is 0 Å². The van der Waals surface area contributed by atoms with Crippen molar-refractivity contribution in [3.63, 3.8) is 0 Å². The van der Waals surface area contributed by atoms with E-state index in [0.29, 0.717) is 6.04 Å². The first-order valence-corrected chi connectivity index (χ1v) is 6.33. The van der Waals surface area contributed by atoms with Crippen molar-refractivity contribution >= 4 is 11.5 Å². The zero-order valence-electron chi connectivity index (χ0n) is 10.2. The van der Waals surface area contributed by atoms with Gasteiger partial charge in [0.15, 0.2) is 0 Å². The highest BCUT2D eigenvalue weighted by molar-refractivity contribution is 5.43. The van der Waals surface area contributed by atoms with Crippen molar-refractivity contribution in [1.82, 2.24) is 9.88 Å². The molecule has 0 aliphatic carbocycles. The molecule has 18 heavy (non-hydrogen) atoms. The van der Waals surface area contributed by atoms with Gasteiger partial charge in [0.25, 0.3) is 5.69 Å². The molecule has 0 amide bonds. The number of hydrogen-bond acceptors (Lipinski definition) is 5. The van der Waals surface area contributed by atoms with Gasteiger partial charge in [0, 0.05) is 31.7 Å². The minimum Gasteiger partial charge on any atom is -0.354 e. The molecule has 2 saturated heterocycles. The third-order valence-corrected chi connectivity index (χ3v) is 3.85. The van der Waals surface area contributed by atoms with E-state index in [9.17, 15) is 10.1 Å². The number of aromatic nitrogens is 1. The SMILES string of the molecule is O=[N+]([O-])c1ccc(N2CCN3CCC[C@@H]3C2)nc1. The van der Waals surface area contributed by atoms with Crippen molar-refractivity contribution in [2.75, 3.05) is 31.1 Å². The molecule has 3 heterocycles. The highest BCUT2D eigenvalue weighted by atomic mass is 16.6. The van der Waals surface area contributed by atoms with Crippen molar-refractivity contribution in [1.29, 1.82) is 0 Å². The summed E-state index contributed by atoms with van der Waals surface area (Å²) in [5, 5.41) is 10.6. The molecule has 0 radical (unpaired) electrons. The standard InChI is InChI=1S/C12H16N4O2/c17-16(18)10-3-4-12(13-8-10)15-7-6-14-5-1-2-11(14)9-15/h3-4,8,11H,1-2,5-7,9H2/t11-/m1/s1. The van der Waals surface area contributed by atoms with Gasteiger partial charge in [-0.3, -0.25) is 15.0 Å². The van der Waals surface area contributed by atoms with E-state index in [1.165, 1.54) is 31.6 Å².